The van der Waals surface area contributed by atoms with Crippen molar-refractivity contribution in [3.05, 3.63) is 65.2 Å². The minimum Gasteiger partial charge on any atom is -0.496 e. The van der Waals surface area contributed by atoms with Crippen molar-refractivity contribution in [3.63, 3.8) is 0 Å². The van der Waals surface area contributed by atoms with Gasteiger partial charge in [0.2, 0.25) is 0 Å². The summed E-state index contributed by atoms with van der Waals surface area (Å²) in [7, 11) is 1.65. The number of hydrogen-bond acceptors (Lipinski definition) is 2. The summed E-state index contributed by atoms with van der Waals surface area (Å²) in [5, 5.41) is 0. The lowest BCUT2D eigenvalue weighted by Gasteiger charge is -2.13. The first-order chi connectivity index (χ1) is 9.24. The lowest BCUT2D eigenvalue weighted by Crippen LogP contribution is -2.05. The van der Waals surface area contributed by atoms with Crippen molar-refractivity contribution in [2.75, 3.05) is 7.11 Å². The Labute approximate surface area is 114 Å². The van der Waals surface area contributed by atoms with E-state index >= 15 is 0 Å². The molecule has 0 bridgehead atoms. The van der Waals surface area contributed by atoms with Crippen molar-refractivity contribution in [1.29, 1.82) is 0 Å². The van der Waals surface area contributed by atoms with Gasteiger partial charge in [-0.1, -0.05) is 48.0 Å². The molecular weight excluding hydrogens is 236 g/mol. The number of carbonyl (C=O) groups excluding carboxylic acids is 1. The Hall–Kier alpha value is -2.09. The highest BCUT2D eigenvalue weighted by molar-refractivity contribution is 5.63. The summed E-state index contributed by atoms with van der Waals surface area (Å²) < 4.78 is 5.33. The van der Waals surface area contributed by atoms with Gasteiger partial charge in [0.05, 0.1) is 7.11 Å². The summed E-state index contributed by atoms with van der Waals surface area (Å²) in [6, 6.07) is 15.9. The topological polar surface area (TPSA) is 26.3 Å². The van der Waals surface area contributed by atoms with E-state index in [0.29, 0.717) is 6.42 Å². The molecule has 1 atom stereocenters. The predicted octanol–water partition coefficient (Wildman–Crippen LogP) is 3.53. The van der Waals surface area contributed by atoms with E-state index in [4.69, 9.17) is 4.74 Å². The first kappa shape index (κ1) is 13.3. The molecular formula is C17H18O2. The van der Waals surface area contributed by atoms with Crippen molar-refractivity contribution >= 4 is 6.29 Å². The monoisotopic (exact) mass is 254 g/mol. The fourth-order valence-corrected chi connectivity index (χ4v) is 2.17. The van der Waals surface area contributed by atoms with Gasteiger partial charge in [-0.05, 0) is 30.5 Å². The van der Waals surface area contributed by atoms with Crippen molar-refractivity contribution in [3.8, 4) is 5.75 Å². The van der Waals surface area contributed by atoms with Crippen LogP contribution in [-0.2, 0) is 11.2 Å². The molecule has 0 spiro atoms. The van der Waals surface area contributed by atoms with Crippen LogP contribution in [0.3, 0.4) is 0 Å². The van der Waals surface area contributed by atoms with Crippen molar-refractivity contribution in [1.82, 2.24) is 0 Å². The quantitative estimate of drug-likeness (QED) is 0.763. The maximum absolute atomic E-state index is 11.4. The highest BCUT2D eigenvalue weighted by Gasteiger charge is 2.13. The maximum Gasteiger partial charge on any atom is 0.127 e. The molecule has 0 saturated carbocycles. The van der Waals surface area contributed by atoms with Crippen LogP contribution in [0.4, 0.5) is 0 Å². The summed E-state index contributed by atoms with van der Waals surface area (Å²) in [4.78, 5) is 11.4. The van der Waals surface area contributed by atoms with Gasteiger partial charge in [0.15, 0.2) is 0 Å². The van der Waals surface area contributed by atoms with E-state index in [1.807, 2.05) is 55.5 Å². The molecule has 2 nitrogen and oxygen atoms in total. The molecule has 0 radical (unpaired) electrons. The van der Waals surface area contributed by atoms with E-state index in [0.717, 1.165) is 23.2 Å². The minimum atomic E-state index is -0.128. The van der Waals surface area contributed by atoms with E-state index in [9.17, 15) is 4.79 Å². The smallest absolute Gasteiger partial charge is 0.127 e. The fraction of sp³-hybridized carbons (Fsp3) is 0.235. The Balaban J connectivity index is 2.24. The second-order valence-corrected chi connectivity index (χ2v) is 4.67. The highest BCUT2D eigenvalue weighted by atomic mass is 16.5. The molecule has 98 valence electrons. The van der Waals surface area contributed by atoms with Gasteiger partial charge in [-0.25, -0.2) is 0 Å². The van der Waals surface area contributed by atoms with Gasteiger partial charge in [0.25, 0.3) is 0 Å². The Morgan fingerprint density at radius 3 is 2.42 bits per heavy atom. The number of carbonyl (C=O) groups is 1. The Bertz CT molecular complexity index is 543. The molecule has 0 aliphatic rings. The molecule has 0 N–H and O–H groups in total. The number of hydrogen-bond donors (Lipinski definition) is 0. The van der Waals surface area contributed by atoms with Gasteiger partial charge in [-0.15, -0.1) is 0 Å². The number of aryl methyl sites for hydroxylation is 1. The summed E-state index contributed by atoms with van der Waals surface area (Å²) in [6.45, 7) is 2.04. The number of methoxy groups -OCH3 is 1. The van der Waals surface area contributed by atoms with Crippen molar-refractivity contribution in [2.24, 2.45) is 0 Å². The van der Waals surface area contributed by atoms with Crippen LogP contribution in [0.2, 0.25) is 0 Å². The van der Waals surface area contributed by atoms with Crippen LogP contribution in [0, 0.1) is 6.92 Å². The van der Waals surface area contributed by atoms with Crippen LogP contribution in [0.15, 0.2) is 48.5 Å². The Kier molecular flexibility index (Phi) is 4.35. The third kappa shape index (κ3) is 3.22. The zero-order chi connectivity index (χ0) is 13.7. The van der Waals surface area contributed by atoms with Crippen LogP contribution in [-0.4, -0.2) is 13.4 Å². The lowest BCUT2D eigenvalue weighted by molar-refractivity contribution is -0.109. The normalized spacial score (nSPS) is 11.9. The van der Waals surface area contributed by atoms with E-state index in [-0.39, 0.29) is 5.92 Å². The summed E-state index contributed by atoms with van der Waals surface area (Å²) in [6.07, 6.45) is 1.67. The SMILES string of the molecule is COc1ccccc1CC(C=O)c1ccc(C)cc1. The molecule has 2 aromatic rings. The molecule has 0 aromatic heterocycles. The van der Waals surface area contributed by atoms with Crippen LogP contribution >= 0.6 is 0 Å². The van der Waals surface area contributed by atoms with Crippen LogP contribution < -0.4 is 4.74 Å². The van der Waals surface area contributed by atoms with E-state index in [1.165, 1.54) is 5.56 Å². The second-order valence-electron chi connectivity index (χ2n) is 4.67. The molecule has 0 heterocycles. The maximum atomic E-state index is 11.4. The molecule has 2 heteroatoms. The second kappa shape index (κ2) is 6.19. The summed E-state index contributed by atoms with van der Waals surface area (Å²) >= 11 is 0. The van der Waals surface area contributed by atoms with E-state index < -0.39 is 0 Å². The van der Waals surface area contributed by atoms with Gasteiger partial charge in [0, 0.05) is 5.92 Å². The minimum absolute atomic E-state index is 0.128. The number of para-hydroxylation sites is 1. The summed E-state index contributed by atoms with van der Waals surface area (Å²) in [5.74, 6) is 0.707. The highest BCUT2D eigenvalue weighted by Crippen LogP contribution is 2.25. The molecule has 0 fully saturated rings. The molecule has 0 amide bonds. The molecule has 1 unspecified atom stereocenters. The standard InChI is InChI=1S/C17H18O2/c1-13-7-9-14(10-8-13)16(12-18)11-15-5-3-4-6-17(15)19-2/h3-10,12,16H,11H2,1-2H3. The van der Waals surface area contributed by atoms with E-state index in [1.54, 1.807) is 7.11 Å². The number of ether oxygens (including phenoxy) is 1. The van der Waals surface area contributed by atoms with Crippen LogP contribution in [0.5, 0.6) is 5.75 Å². The lowest BCUT2D eigenvalue weighted by atomic mass is 9.92. The first-order valence-corrected chi connectivity index (χ1v) is 6.38. The third-order valence-corrected chi connectivity index (χ3v) is 3.30. The van der Waals surface area contributed by atoms with Gasteiger partial charge in [-0.3, -0.25) is 0 Å². The van der Waals surface area contributed by atoms with Gasteiger partial charge < -0.3 is 9.53 Å². The fourth-order valence-electron chi connectivity index (χ4n) is 2.17. The molecule has 0 aliphatic heterocycles. The van der Waals surface area contributed by atoms with Gasteiger partial charge >= 0.3 is 0 Å². The average Bonchev–Trinajstić information content (AvgIpc) is 2.46. The van der Waals surface area contributed by atoms with Gasteiger partial charge in [-0.2, -0.15) is 0 Å². The Morgan fingerprint density at radius 1 is 1.11 bits per heavy atom. The van der Waals surface area contributed by atoms with E-state index in [2.05, 4.69) is 0 Å². The molecule has 0 saturated heterocycles. The molecule has 2 rings (SSSR count). The third-order valence-electron chi connectivity index (χ3n) is 3.30. The van der Waals surface area contributed by atoms with Crippen LogP contribution in [0.1, 0.15) is 22.6 Å². The first-order valence-electron chi connectivity index (χ1n) is 6.38. The summed E-state index contributed by atoms with van der Waals surface area (Å²) in [5.41, 5.74) is 3.31. The number of rotatable bonds is 5. The molecule has 19 heavy (non-hydrogen) atoms. The van der Waals surface area contributed by atoms with Gasteiger partial charge in [0.1, 0.15) is 12.0 Å². The Morgan fingerprint density at radius 2 is 1.79 bits per heavy atom. The average molecular weight is 254 g/mol. The number of aldehydes is 1. The van der Waals surface area contributed by atoms with Crippen molar-refractivity contribution in [2.45, 2.75) is 19.3 Å². The van der Waals surface area contributed by atoms with Crippen molar-refractivity contribution < 1.29 is 9.53 Å². The predicted molar refractivity (Wildman–Crippen MR) is 76.7 cm³/mol. The zero-order valence-electron chi connectivity index (χ0n) is 11.3. The van der Waals surface area contributed by atoms with Crippen LogP contribution in [0.25, 0.3) is 0 Å². The zero-order valence-corrected chi connectivity index (χ0v) is 11.3. The number of benzene rings is 2. The molecule has 0 aliphatic carbocycles. The molecule has 2 aromatic carbocycles. The largest absolute Gasteiger partial charge is 0.496 e.